The minimum atomic E-state index is 0.0769. The Morgan fingerprint density at radius 2 is 1.70 bits per heavy atom. The van der Waals surface area contributed by atoms with Gasteiger partial charge < -0.3 is 14.5 Å². The minimum absolute atomic E-state index is 0.0769. The highest BCUT2D eigenvalue weighted by atomic mass is 16.5. The van der Waals surface area contributed by atoms with Gasteiger partial charge in [-0.25, -0.2) is 0 Å². The Labute approximate surface area is 160 Å². The lowest BCUT2D eigenvalue weighted by Crippen LogP contribution is -2.48. The fraction of sp³-hybridized carbons (Fsp3) is 0.364. The smallest absolute Gasteiger partial charge is 0.223 e. The molecule has 0 unspecified atom stereocenters. The van der Waals surface area contributed by atoms with Gasteiger partial charge in [-0.05, 0) is 55.3 Å². The van der Waals surface area contributed by atoms with Gasteiger partial charge in [-0.3, -0.25) is 9.59 Å². The highest BCUT2D eigenvalue weighted by molar-refractivity contribution is 5.94. The summed E-state index contributed by atoms with van der Waals surface area (Å²) in [5, 5.41) is 0. The molecule has 3 rings (SSSR count). The normalized spacial score (nSPS) is 14.1. The molecule has 142 valence electrons. The summed E-state index contributed by atoms with van der Waals surface area (Å²) in [5.41, 5.74) is 2.94. The number of hydrogen-bond acceptors (Lipinski definition) is 4. The molecule has 1 aliphatic rings. The zero-order valence-electron chi connectivity index (χ0n) is 16.0. The number of ether oxygens (including phenoxy) is 1. The third kappa shape index (κ3) is 4.88. The van der Waals surface area contributed by atoms with Gasteiger partial charge in [0.2, 0.25) is 5.91 Å². The summed E-state index contributed by atoms with van der Waals surface area (Å²) >= 11 is 0. The van der Waals surface area contributed by atoms with Crippen LogP contribution in [0.15, 0.2) is 48.5 Å². The van der Waals surface area contributed by atoms with Crippen molar-refractivity contribution in [3.63, 3.8) is 0 Å². The standard InChI is InChI=1S/C22H26N2O3/c1-17(25)19-7-9-20(10-8-19)23-12-14-24(15-13-23)22(26)11-6-18-4-3-5-21(16-18)27-2/h3-5,7-10,16H,6,11-15H2,1-2H3. The van der Waals surface area contributed by atoms with Crippen LogP contribution in [0.3, 0.4) is 0 Å². The second kappa shape index (κ2) is 8.71. The first-order valence-electron chi connectivity index (χ1n) is 9.33. The van der Waals surface area contributed by atoms with Crippen LogP contribution in [0.25, 0.3) is 0 Å². The molecule has 27 heavy (non-hydrogen) atoms. The maximum atomic E-state index is 12.5. The van der Waals surface area contributed by atoms with Gasteiger partial charge in [-0.2, -0.15) is 0 Å². The third-order valence-electron chi connectivity index (χ3n) is 5.03. The summed E-state index contributed by atoms with van der Waals surface area (Å²) in [6, 6.07) is 15.6. The molecule has 2 aromatic carbocycles. The summed E-state index contributed by atoms with van der Waals surface area (Å²) in [6.07, 6.45) is 1.24. The summed E-state index contributed by atoms with van der Waals surface area (Å²) in [4.78, 5) is 28.1. The van der Waals surface area contributed by atoms with Crippen LogP contribution in [0, 0.1) is 0 Å². The number of carbonyl (C=O) groups excluding carboxylic acids is 2. The largest absolute Gasteiger partial charge is 0.497 e. The van der Waals surface area contributed by atoms with E-state index in [4.69, 9.17) is 4.74 Å². The lowest BCUT2D eigenvalue weighted by atomic mass is 10.1. The lowest BCUT2D eigenvalue weighted by molar-refractivity contribution is -0.131. The molecule has 1 saturated heterocycles. The maximum Gasteiger partial charge on any atom is 0.223 e. The van der Waals surface area contributed by atoms with Gasteiger partial charge in [-0.15, -0.1) is 0 Å². The van der Waals surface area contributed by atoms with Crippen molar-refractivity contribution in [3.8, 4) is 5.75 Å². The molecule has 0 radical (unpaired) electrons. The van der Waals surface area contributed by atoms with Gasteiger partial charge in [0.05, 0.1) is 7.11 Å². The van der Waals surface area contributed by atoms with Crippen LogP contribution in [0.1, 0.15) is 29.3 Å². The average molecular weight is 366 g/mol. The number of anilines is 1. The van der Waals surface area contributed by atoms with E-state index >= 15 is 0 Å². The second-order valence-corrected chi connectivity index (χ2v) is 6.82. The van der Waals surface area contributed by atoms with Crippen molar-refractivity contribution in [3.05, 3.63) is 59.7 Å². The molecule has 0 atom stereocenters. The number of hydrogen-bond donors (Lipinski definition) is 0. The van der Waals surface area contributed by atoms with Crippen LogP contribution in [0.2, 0.25) is 0 Å². The minimum Gasteiger partial charge on any atom is -0.497 e. The van der Waals surface area contributed by atoms with E-state index in [0.29, 0.717) is 6.42 Å². The highest BCUT2D eigenvalue weighted by Crippen LogP contribution is 2.19. The molecular formula is C22H26N2O3. The number of carbonyl (C=O) groups is 2. The van der Waals surface area contributed by atoms with E-state index in [9.17, 15) is 9.59 Å². The molecule has 5 nitrogen and oxygen atoms in total. The van der Waals surface area contributed by atoms with Gasteiger partial charge in [-0.1, -0.05) is 12.1 Å². The van der Waals surface area contributed by atoms with Gasteiger partial charge in [0.25, 0.3) is 0 Å². The SMILES string of the molecule is COc1cccc(CCC(=O)N2CCN(c3ccc(C(C)=O)cc3)CC2)c1. The predicted molar refractivity (Wildman–Crippen MR) is 107 cm³/mol. The molecule has 2 aromatic rings. The van der Waals surface area contributed by atoms with Crippen molar-refractivity contribution in [1.82, 2.24) is 4.90 Å². The molecule has 0 bridgehead atoms. The van der Waals surface area contributed by atoms with Crippen LogP contribution >= 0.6 is 0 Å². The number of piperazine rings is 1. The fourth-order valence-corrected chi connectivity index (χ4v) is 3.36. The Morgan fingerprint density at radius 3 is 2.33 bits per heavy atom. The molecule has 0 aromatic heterocycles. The molecule has 1 fully saturated rings. The third-order valence-corrected chi connectivity index (χ3v) is 5.03. The fourth-order valence-electron chi connectivity index (χ4n) is 3.36. The molecule has 0 aliphatic carbocycles. The van der Waals surface area contributed by atoms with E-state index in [1.807, 2.05) is 53.4 Å². The monoisotopic (exact) mass is 366 g/mol. The van der Waals surface area contributed by atoms with Gasteiger partial charge in [0.15, 0.2) is 5.78 Å². The molecule has 0 N–H and O–H groups in total. The number of ketones is 1. The zero-order valence-corrected chi connectivity index (χ0v) is 16.0. The number of rotatable bonds is 6. The topological polar surface area (TPSA) is 49.9 Å². The first-order chi connectivity index (χ1) is 13.1. The summed E-state index contributed by atoms with van der Waals surface area (Å²) in [7, 11) is 1.65. The molecule has 1 heterocycles. The van der Waals surface area contributed by atoms with Gasteiger partial charge in [0.1, 0.15) is 5.75 Å². The van der Waals surface area contributed by atoms with Crippen LogP contribution in [-0.2, 0) is 11.2 Å². The lowest BCUT2D eigenvalue weighted by Gasteiger charge is -2.36. The van der Waals surface area contributed by atoms with Crippen molar-refractivity contribution in [1.29, 1.82) is 0 Å². The van der Waals surface area contributed by atoms with Crippen molar-refractivity contribution in [2.75, 3.05) is 38.2 Å². The summed E-state index contributed by atoms with van der Waals surface area (Å²) in [6.45, 7) is 4.65. The first-order valence-corrected chi connectivity index (χ1v) is 9.33. The molecule has 1 aliphatic heterocycles. The van der Waals surface area contributed by atoms with Crippen molar-refractivity contribution < 1.29 is 14.3 Å². The second-order valence-electron chi connectivity index (χ2n) is 6.82. The molecular weight excluding hydrogens is 340 g/mol. The Hall–Kier alpha value is -2.82. The molecule has 1 amide bonds. The molecule has 5 heteroatoms. The van der Waals surface area contributed by atoms with Crippen molar-refractivity contribution >= 4 is 17.4 Å². The van der Waals surface area contributed by atoms with Crippen LogP contribution in [-0.4, -0.2) is 49.9 Å². The Morgan fingerprint density at radius 1 is 1.00 bits per heavy atom. The zero-order chi connectivity index (χ0) is 19.2. The number of Topliss-reactive ketones (excluding diaryl/α,β-unsaturated/α-hetero) is 1. The van der Waals surface area contributed by atoms with E-state index in [1.165, 1.54) is 0 Å². The maximum absolute atomic E-state index is 12.5. The number of methoxy groups -OCH3 is 1. The van der Waals surface area contributed by atoms with E-state index in [2.05, 4.69) is 4.90 Å². The van der Waals surface area contributed by atoms with Crippen LogP contribution in [0.4, 0.5) is 5.69 Å². The van der Waals surface area contributed by atoms with E-state index in [0.717, 1.165) is 55.2 Å². The number of amides is 1. The van der Waals surface area contributed by atoms with Crippen molar-refractivity contribution in [2.24, 2.45) is 0 Å². The average Bonchev–Trinajstić information content (AvgIpc) is 2.72. The summed E-state index contributed by atoms with van der Waals surface area (Å²) in [5.74, 6) is 1.10. The van der Waals surface area contributed by atoms with E-state index in [-0.39, 0.29) is 11.7 Å². The predicted octanol–water partition coefficient (Wildman–Crippen LogP) is 3.18. The Kier molecular flexibility index (Phi) is 6.12. The van der Waals surface area contributed by atoms with Crippen LogP contribution in [0.5, 0.6) is 5.75 Å². The highest BCUT2D eigenvalue weighted by Gasteiger charge is 2.21. The van der Waals surface area contributed by atoms with E-state index < -0.39 is 0 Å². The van der Waals surface area contributed by atoms with E-state index in [1.54, 1.807) is 14.0 Å². The number of aryl methyl sites for hydroxylation is 1. The Bertz CT molecular complexity index is 793. The van der Waals surface area contributed by atoms with Gasteiger partial charge >= 0.3 is 0 Å². The number of benzene rings is 2. The van der Waals surface area contributed by atoms with Crippen molar-refractivity contribution in [2.45, 2.75) is 19.8 Å². The molecule has 0 spiro atoms. The quantitative estimate of drug-likeness (QED) is 0.737. The van der Waals surface area contributed by atoms with Crippen LogP contribution < -0.4 is 9.64 Å². The number of nitrogens with zero attached hydrogens (tertiary/aromatic N) is 2. The Balaban J connectivity index is 1.49. The molecule has 0 saturated carbocycles. The first kappa shape index (κ1) is 19.0. The van der Waals surface area contributed by atoms with Gasteiger partial charge in [0, 0.05) is 43.9 Å². The summed E-state index contributed by atoms with van der Waals surface area (Å²) < 4.78 is 5.23.